The lowest BCUT2D eigenvalue weighted by Crippen LogP contribution is -2.49. The van der Waals surface area contributed by atoms with E-state index in [1.807, 2.05) is 25.7 Å². The summed E-state index contributed by atoms with van der Waals surface area (Å²) in [5.41, 5.74) is -0.117. The Balaban J connectivity index is 2.34. The monoisotopic (exact) mass is 293 g/mol. The van der Waals surface area contributed by atoms with E-state index in [9.17, 15) is 4.79 Å². The number of nitrogens with zero attached hydrogens (tertiary/aromatic N) is 2. The Morgan fingerprint density at radius 2 is 1.81 bits per heavy atom. The highest BCUT2D eigenvalue weighted by Crippen LogP contribution is 2.23. The maximum Gasteiger partial charge on any atom is 0.227 e. The number of nitrogens with one attached hydrogen (secondary N) is 1. The molecule has 4 heteroatoms. The summed E-state index contributed by atoms with van der Waals surface area (Å²) in [6, 6.07) is 2.72. The summed E-state index contributed by atoms with van der Waals surface area (Å²) in [5, 5.41) is 12.3. The molecule has 120 valence electrons. The number of likely N-dealkylation sites (tertiary alicyclic amines) is 1. The highest BCUT2D eigenvalue weighted by atomic mass is 16.2. The summed E-state index contributed by atoms with van der Waals surface area (Å²) >= 11 is 0. The van der Waals surface area contributed by atoms with E-state index in [0.29, 0.717) is 12.5 Å². The Kier molecular flexibility index (Phi) is 6.22. The molecule has 0 aromatic heterocycles. The zero-order valence-corrected chi connectivity index (χ0v) is 14.3. The van der Waals surface area contributed by atoms with Crippen LogP contribution in [0, 0.1) is 22.2 Å². The number of amides is 1. The Bertz CT molecular complexity index is 382. The SMILES string of the molecule is CC(C)(CCC#N)CNC1CCN(C(=O)C(C)(C)C)CC1. The summed E-state index contributed by atoms with van der Waals surface area (Å²) in [5.74, 6) is 0.260. The van der Waals surface area contributed by atoms with Crippen LogP contribution in [0.2, 0.25) is 0 Å². The molecule has 0 saturated carbocycles. The number of piperidine rings is 1. The minimum atomic E-state index is -0.278. The van der Waals surface area contributed by atoms with Crippen LogP contribution in [-0.4, -0.2) is 36.5 Å². The average molecular weight is 293 g/mol. The minimum Gasteiger partial charge on any atom is -0.342 e. The Morgan fingerprint density at radius 3 is 2.29 bits per heavy atom. The number of carbonyl (C=O) groups is 1. The first kappa shape index (κ1) is 18.0. The minimum absolute atomic E-state index is 0.161. The van der Waals surface area contributed by atoms with Crippen molar-refractivity contribution in [2.24, 2.45) is 10.8 Å². The molecule has 0 spiro atoms. The number of rotatable bonds is 5. The number of hydrogen-bond donors (Lipinski definition) is 1. The van der Waals surface area contributed by atoms with E-state index in [0.717, 1.165) is 38.9 Å². The molecule has 0 aliphatic carbocycles. The topological polar surface area (TPSA) is 56.1 Å². The lowest BCUT2D eigenvalue weighted by molar-refractivity contribution is -0.140. The molecule has 21 heavy (non-hydrogen) atoms. The fourth-order valence-electron chi connectivity index (χ4n) is 2.66. The van der Waals surface area contributed by atoms with Crippen molar-refractivity contribution in [2.75, 3.05) is 19.6 Å². The fourth-order valence-corrected chi connectivity index (χ4v) is 2.66. The molecule has 0 bridgehead atoms. The second-order valence-electron chi connectivity index (χ2n) is 8.02. The van der Waals surface area contributed by atoms with Gasteiger partial charge in [-0.25, -0.2) is 0 Å². The first-order valence-electron chi connectivity index (χ1n) is 8.05. The fraction of sp³-hybridized carbons (Fsp3) is 0.882. The van der Waals surface area contributed by atoms with E-state index in [1.54, 1.807) is 0 Å². The van der Waals surface area contributed by atoms with E-state index < -0.39 is 0 Å². The molecule has 0 aromatic carbocycles. The van der Waals surface area contributed by atoms with Gasteiger partial charge in [-0.1, -0.05) is 34.6 Å². The second-order valence-corrected chi connectivity index (χ2v) is 8.02. The van der Waals surface area contributed by atoms with Crippen LogP contribution in [0.15, 0.2) is 0 Å². The van der Waals surface area contributed by atoms with Crippen molar-refractivity contribution < 1.29 is 4.79 Å². The predicted octanol–water partition coefficient (Wildman–Crippen LogP) is 2.94. The van der Waals surface area contributed by atoms with Gasteiger partial charge in [0.2, 0.25) is 5.91 Å². The third-order valence-corrected chi connectivity index (χ3v) is 4.21. The first-order chi connectivity index (χ1) is 9.65. The molecule has 1 N–H and O–H groups in total. The molecule has 4 nitrogen and oxygen atoms in total. The van der Waals surface area contributed by atoms with E-state index in [2.05, 4.69) is 25.2 Å². The summed E-state index contributed by atoms with van der Waals surface area (Å²) in [7, 11) is 0. The van der Waals surface area contributed by atoms with Gasteiger partial charge < -0.3 is 10.2 Å². The van der Waals surface area contributed by atoms with E-state index >= 15 is 0 Å². The van der Waals surface area contributed by atoms with Gasteiger partial charge in [0.1, 0.15) is 0 Å². The van der Waals surface area contributed by atoms with Crippen LogP contribution in [0.1, 0.15) is 60.3 Å². The van der Waals surface area contributed by atoms with Crippen LogP contribution in [0.25, 0.3) is 0 Å². The second kappa shape index (κ2) is 7.26. The molecule has 1 heterocycles. The molecule has 0 radical (unpaired) electrons. The molecule has 1 fully saturated rings. The average Bonchev–Trinajstić information content (AvgIpc) is 2.42. The third-order valence-electron chi connectivity index (χ3n) is 4.21. The first-order valence-corrected chi connectivity index (χ1v) is 8.05. The molecular weight excluding hydrogens is 262 g/mol. The third kappa shape index (κ3) is 6.05. The summed E-state index contributed by atoms with van der Waals surface area (Å²) < 4.78 is 0. The highest BCUT2D eigenvalue weighted by Gasteiger charge is 2.30. The number of carbonyl (C=O) groups excluding carboxylic acids is 1. The zero-order chi connectivity index (χ0) is 16.1. The molecule has 1 aliphatic heterocycles. The maximum atomic E-state index is 12.2. The molecule has 0 aromatic rings. The van der Waals surface area contributed by atoms with Crippen LogP contribution in [-0.2, 0) is 4.79 Å². The van der Waals surface area contributed by atoms with Crippen molar-refractivity contribution in [3.63, 3.8) is 0 Å². The number of nitriles is 1. The smallest absolute Gasteiger partial charge is 0.227 e. The molecular formula is C17H31N3O. The maximum absolute atomic E-state index is 12.2. The van der Waals surface area contributed by atoms with Crippen molar-refractivity contribution in [1.82, 2.24) is 10.2 Å². The van der Waals surface area contributed by atoms with Crippen LogP contribution in [0.5, 0.6) is 0 Å². The van der Waals surface area contributed by atoms with Crippen LogP contribution in [0.4, 0.5) is 0 Å². The van der Waals surface area contributed by atoms with Gasteiger partial charge in [-0.05, 0) is 24.7 Å². The van der Waals surface area contributed by atoms with Crippen molar-refractivity contribution >= 4 is 5.91 Å². The predicted molar refractivity (Wildman–Crippen MR) is 85.7 cm³/mol. The van der Waals surface area contributed by atoms with Gasteiger partial charge in [0, 0.05) is 37.5 Å². The van der Waals surface area contributed by atoms with Crippen molar-refractivity contribution in [1.29, 1.82) is 5.26 Å². The van der Waals surface area contributed by atoms with E-state index in [1.165, 1.54) is 0 Å². The molecule has 1 amide bonds. The lowest BCUT2D eigenvalue weighted by Gasteiger charge is -2.37. The Morgan fingerprint density at radius 1 is 1.24 bits per heavy atom. The number of hydrogen-bond acceptors (Lipinski definition) is 3. The van der Waals surface area contributed by atoms with Crippen molar-refractivity contribution in [2.45, 2.75) is 66.3 Å². The van der Waals surface area contributed by atoms with Crippen LogP contribution >= 0.6 is 0 Å². The standard InChI is InChI=1S/C17H31N3O/c1-16(2,3)15(21)20-11-7-14(8-12-20)19-13-17(4,5)9-6-10-18/h14,19H,6-9,11-13H2,1-5H3. The van der Waals surface area contributed by atoms with Gasteiger partial charge >= 0.3 is 0 Å². The summed E-state index contributed by atoms with van der Waals surface area (Å²) in [6.07, 6.45) is 3.59. The highest BCUT2D eigenvalue weighted by molar-refractivity contribution is 5.81. The van der Waals surface area contributed by atoms with Crippen LogP contribution < -0.4 is 5.32 Å². The Hall–Kier alpha value is -1.08. The zero-order valence-electron chi connectivity index (χ0n) is 14.3. The molecule has 0 atom stereocenters. The molecule has 0 unspecified atom stereocenters. The van der Waals surface area contributed by atoms with Gasteiger partial charge in [0.15, 0.2) is 0 Å². The van der Waals surface area contributed by atoms with E-state index in [-0.39, 0.29) is 16.7 Å². The van der Waals surface area contributed by atoms with Crippen molar-refractivity contribution in [3.05, 3.63) is 0 Å². The van der Waals surface area contributed by atoms with Gasteiger partial charge in [-0.3, -0.25) is 4.79 Å². The Labute approximate surface area is 129 Å². The van der Waals surface area contributed by atoms with Gasteiger partial charge in [0.05, 0.1) is 6.07 Å². The quantitative estimate of drug-likeness (QED) is 0.848. The summed E-state index contributed by atoms with van der Waals surface area (Å²) in [6.45, 7) is 13.0. The van der Waals surface area contributed by atoms with Crippen molar-refractivity contribution in [3.8, 4) is 6.07 Å². The largest absolute Gasteiger partial charge is 0.342 e. The summed E-state index contributed by atoms with van der Waals surface area (Å²) in [4.78, 5) is 14.2. The van der Waals surface area contributed by atoms with E-state index in [4.69, 9.17) is 5.26 Å². The lowest BCUT2D eigenvalue weighted by atomic mass is 9.87. The van der Waals surface area contributed by atoms with Gasteiger partial charge in [-0.15, -0.1) is 0 Å². The molecule has 1 saturated heterocycles. The molecule has 1 aliphatic rings. The molecule has 1 rings (SSSR count). The van der Waals surface area contributed by atoms with Crippen LogP contribution in [0.3, 0.4) is 0 Å². The van der Waals surface area contributed by atoms with Gasteiger partial charge in [-0.2, -0.15) is 5.26 Å². The normalized spacial score (nSPS) is 17.6. The van der Waals surface area contributed by atoms with Gasteiger partial charge in [0.25, 0.3) is 0 Å².